The molecule has 1 N–H and O–H groups in total. The molecule has 0 saturated carbocycles. The molecule has 0 bridgehead atoms. The summed E-state index contributed by atoms with van der Waals surface area (Å²) in [5, 5.41) is 9.28. The number of rotatable bonds is 8. The standard InChI is InChI=1S/C9H22O4Si/c1-5-9(10)7-13-8-14(6-2,11-3)12-4/h9-10H,5-8H2,1-4H3. The van der Waals surface area contributed by atoms with Gasteiger partial charge in [0, 0.05) is 14.2 Å². The van der Waals surface area contributed by atoms with Crippen molar-refractivity contribution in [3.05, 3.63) is 0 Å². The van der Waals surface area contributed by atoms with Crippen LogP contribution in [0, 0.1) is 0 Å². The lowest BCUT2D eigenvalue weighted by Gasteiger charge is -2.26. The Bertz CT molecular complexity index is 131. The molecule has 0 aromatic heterocycles. The van der Waals surface area contributed by atoms with Crippen LogP contribution in [0.3, 0.4) is 0 Å². The van der Waals surface area contributed by atoms with Gasteiger partial charge in [-0.3, -0.25) is 0 Å². The van der Waals surface area contributed by atoms with Crippen LogP contribution in [0.5, 0.6) is 0 Å². The Morgan fingerprint density at radius 2 is 1.79 bits per heavy atom. The molecule has 0 saturated heterocycles. The zero-order valence-electron chi connectivity index (χ0n) is 9.58. The first-order chi connectivity index (χ1) is 6.64. The summed E-state index contributed by atoms with van der Waals surface area (Å²) in [7, 11) is 1.17. The minimum absolute atomic E-state index is 0.359. The molecule has 5 heteroatoms. The maximum Gasteiger partial charge on any atom is 0.364 e. The predicted octanol–water partition coefficient (Wildman–Crippen LogP) is 1.07. The molecule has 0 aromatic rings. The topological polar surface area (TPSA) is 47.9 Å². The van der Waals surface area contributed by atoms with Gasteiger partial charge >= 0.3 is 8.56 Å². The van der Waals surface area contributed by atoms with Gasteiger partial charge in [0.25, 0.3) is 0 Å². The van der Waals surface area contributed by atoms with Crippen molar-refractivity contribution in [1.29, 1.82) is 0 Å². The van der Waals surface area contributed by atoms with E-state index in [2.05, 4.69) is 0 Å². The molecule has 0 heterocycles. The molecule has 1 unspecified atom stereocenters. The van der Waals surface area contributed by atoms with Crippen LogP contribution in [0.15, 0.2) is 0 Å². The van der Waals surface area contributed by atoms with Gasteiger partial charge < -0.3 is 18.7 Å². The Morgan fingerprint density at radius 1 is 1.21 bits per heavy atom. The molecule has 4 nitrogen and oxygen atoms in total. The smallest absolute Gasteiger partial charge is 0.364 e. The van der Waals surface area contributed by atoms with Gasteiger partial charge in [0.05, 0.1) is 18.9 Å². The van der Waals surface area contributed by atoms with Crippen LogP contribution in [0.1, 0.15) is 20.3 Å². The monoisotopic (exact) mass is 222 g/mol. The minimum atomic E-state index is -2.13. The van der Waals surface area contributed by atoms with Gasteiger partial charge in [0.2, 0.25) is 0 Å². The van der Waals surface area contributed by atoms with E-state index in [4.69, 9.17) is 13.6 Å². The molecule has 1 atom stereocenters. The van der Waals surface area contributed by atoms with Crippen molar-refractivity contribution < 1.29 is 18.7 Å². The van der Waals surface area contributed by atoms with Gasteiger partial charge in [-0.25, -0.2) is 0 Å². The predicted molar refractivity (Wildman–Crippen MR) is 57.4 cm³/mol. The number of hydrogen-bond acceptors (Lipinski definition) is 4. The SMILES string of the molecule is CCC(O)COC[Si](CC)(OC)OC. The third-order valence-corrected chi connectivity index (χ3v) is 5.60. The fourth-order valence-electron chi connectivity index (χ4n) is 1.06. The average molecular weight is 222 g/mol. The molecule has 0 amide bonds. The quantitative estimate of drug-likeness (QED) is 0.624. The van der Waals surface area contributed by atoms with Crippen molar-refractivity contribution in [3.8, 4) is 0 Å². The van der Waals surface area contributed by atoms with E-state index in [0.29, 0.717) is 19.3 Å². The fraction of sp³-hybridized carbons (Fsp3) is 1.00. The Hall–Kier alpha value is 0.0569. The summed E-state index contributed by atoms with van der Waals surface area (Å²) in [5.74, 6) is 0. The van der Waals surface area contributed by atoms with Gasteiger partial charge in [0.1, 0.15) is 0 Å². The number of hydrogen-bond donors (Lipinski definition) is 1. The number of aliphatic hydroxyl groups excluding tert-OH is 1. The summed E-state index contributed by atoms with van der Waals surface area (Å²) in [6.07, 6.45) is 0.807. The first-order valence-electron chi connectivity index (χ1n) is 5.00. The first-order valence-corrected chi connectivity index (χ1v) is 7.23. The van der Waals surface area contributed by atoms with Crippen LogP contribution in [-0.2, 0) is 13.6 Å². The second-order valence-corrected chi connectivity index (χ2v) is 6.88. The average Bonchev–Trinajstić information content (AvgIpc) is 2.25. The van der Waals surface area contributed by atoms with Gasteiger partial charge in [-0.2, -0.15) is 0 Å². The molecule has 0 aliphatic carbocycles. The van der Waals surface area contributed by atoms with Crippen molar-refractivity contribution in [3.63, 3.8) is 0 Å². The summed E-state index contributed by atoms with van der Waals surface area (Å²) >= 11 is 0. The van der Waals surface area contributed by atoms with Crippen LogP contribution in [0.4, 0.5) is 0 Å². The van der Waals surface area contributed by atoms with Crippen molar-refractivity contribution in [2.45, 2.75) is 32.4 Å². The van der Waals surface area contributed by atoms with E-state index in [0.717, 1.165) is 6.04 Å². The summed E-state index contributed by atoms with van der Waals surface area (Å²) in [5.41, 5.74) is 0. The maximum atomic E-state index is 9.28. The molecule has 0 radical (unpaired) electrons. The molecular formula is C9H22O4Si. The fourth-order valence-corrected chi connectivity index (χ4v) is 2.67. The molecule has 0 aromatic carbocycles. The van der Waals surface area contributed by atoms with Crippen LogP contribution in [0.25, 0.3) is 0 Å². The van der Waals surface area contributed by atoms with E-state index in [1.54, 1.807) is 14.2 Å². The van der Waals surface area contributed by atoms with E-state index >= 15 is 0 Å². The van der Waals surface area contributed by atoms with Crippen LogP contribution < -0.4 is 0 Å². The third-order valence-electron chi connectivity index (χ3n) is 2.39. The third kappa shape index (κ3) is 4.52. The highest BCUT2D eigenvalue weighted by atomic mass is 28.4. The van der Waals surface area contributed by atoms with Crippen LogP contribution >= 0.6 is 0 Å². The minimum Gasteiger partial charge on any atom is -0.396 e. The number of ether oxygens (including phenoxy) is 1. The molecule has 14 heavy (non-hydrogen) atoms. The summed E-state index contributed by atoms with van der Waals surface area (Å²) in [6, 6.07) is 0.849. The normalized spacial score (nSPS) is 14.4. The van der Waals surface area contributed by atoms with E-state index in [9.17, 15) is 5.11 Å². The highest BCUT2D eigenvalue weighted by Crippen LogP contribution is 2.11. The van der Waals surface area contributed by atoms with Crippen molar-refractivity contribution in [1.82, 2.24) is 0 Å². The lowest BCUT2D eigenvalue weighted by molar-refractivity contribution is 0.0393. The van der Waals surface area contributed by atoms with Gasteiger partial charge in [-0.05, 0) is 12.5 Å². The highest BCUT2D eigenvalue weighted by molar-refractivity contribution is 6.67. The largest absolute Gasteiger partial charge is 0.396 e. The van der Waals surface area contributed by atoms with Crippen molar-refractivity contribution in [2.75, 3.05) is 27.1 Å². The lowest BCUT2D eigenvalue weighted by Crippen LogP contribution is -2.45. The van der Waals surface area contributed by atoms with Gasteiger partial charge in [0.15, 0.2) is 0 Å². The molecule has 0 aliphatic rings. The Kier molecular flexibility index (Phi) is 7.39. The first kappa shape index (κ1) is 14.1. The summed E-state index contributed by atoms with van der Waals surface area (Å²) in [6.45, 7) is 4.31. The summed E-state index contributed by atoms with van der Waals surface area (Å²) < 4.78 is 16.1. The molecule has 0 spiro atoms. The van der Waals surface area contributed by atoms with E-state index in [1.165, 1.54) is 0 Å². The van der Waals surface area contributed by atoms with Crippen molar-refractivity contribution in [2.24, 2.45) is 0 Å². The molecule has 0 rings (SSSR count). The zero-order chi connectivity index (χ0) is 11.0. The van der Waals surface area contributed by atoms with Crippen LogP contribution in [0.2, 0.25) is 6.04 Å². The molecule has 86 valence electrons. The zero-order valence-corrected chi connectivity index (χ0v) is 10.6. The Labute approximate surface area is 87.4 Å². The molecule has 0 fully saturated rings. The van der Waals surface area contributed by atoms with E-state index in [-0.39, 0.29) is 6.10 Å². The van der Waals surface area contributed by atoms with E-state index in [1.807, 2.05) is 13.8 Å². The highest BCUT2D eigenvalue weighted by Gasteiger charge is 2.33. The van der Waals surface area contributed by atoms with Crippen LogP contribution in [-0.4, -0.2) is 46.8 Å². The second-order valence-electron chi connectivity index (χ2n) is 3.25. The van der Waals surface area contributed by atoms with Crippen molar-refractivity contribution >= 4 is 8.56 Å². The molecule has 0 aliphatic heterocycles. The Morgan fingerprint density at radius 3 is 2.14 bits per heavy atom. The Balaban J connectivity index is 3.82. The van der Waals surface area contributed by atoms with Gasteiger partial charge in [-0.1, -0.05) is 13.8 Å². The lowest BCUT2D eigenvalue weighted by atomic mass is 10.3. The number of aliphatic hydroxyl groups is 1. The molecular weight excluding hydrogens is 200 g/mol. The van der Waals surface area contributed by atoms with Gasteiger partial charge in [-0.15, -0.1) is 0 Å². The summed E-state index contributed by atoms with van der Waals surface area (Å²) in [4.78, 5) is 0. The van der Waals surface area contributed by atoms with E-state index < -0.39 is 8.56 Å². The maximum absolute atomic E-state index is 9.28. The second kappa shape index (κ2) is 7.36.